The van der Waals surface area contributed by atoms with E-state index in [1.165, 1.54) is 24.3 Å². The number of H-pyrrole nitrogens is 1. The van der Waals surface area contributed by atoms with E-state index in [0.29, 0.717) is 34.3 Å². The number of rotatable bonds is 5. The second kappa shape index (κ2) is 9.15. The SMILES string of the molecule is O=C(O)c1cc2cc(Cl)cc(CNC(=O)C3(c4c(F)cccc4Cl)CCCCC3)c2[nH]c1=O. The summed E-state index contributed by atoms with van der Waals surface area (Å²) in [7, 11) is 0. The molecule has 0 atom stereocenters. The van der Waals surface area contributed by atoms with Crippen LogP contribution in [0.3, 0.4) is 0 Å². The molecule has 0 saturated heterocycles. The summed E-state index contributed by atoms with van der Waals surface area (Å²) in [5, 5.41) is 13.0. The number of halogens is 3. The molecule has 172 valence electrons. The van der Waals surface area contributed by atoms with Gasteiger partial charge in [-0.3, -0.25) is 9.59 Å². The number of aromatic carboxylic acids is 1. The molecule has 3 aromatic rings. The van der Waals surface area contributed by atoms with Crippen LogP contribution in [0.4, 0.5) is 4.39 Å². The van der Waals surface area contributed by atoms with Gasteiger partial charge in [0.1, 0.15) is 11.4 Å². The molecule has 1 aliphatic carbocycles. The lowest BCUT2D eigenvalue weighted by molar-refractivity contribution is -0.128. The van der Waals surface area contributed by atoms with Gasteiger partial charge < -0.3 is 15.4 Å². The fourth-order valence-electron chi connectivity index (χ4n) is 4.70. The van der Waals surface area contributed by atoms with E-state index in [1.54, 1.807) is 12.1 Å². The van der Waals surface area contributed by atoms with Crippen LogP contribution in [-0.2, 0) is 16.8 Å². The van der Waals surface area contributed by atoms with Crippen molar-refractivity contribution in [2.75, 3.05) is 0 Å². The zero-order valence-corrected chi connectivity index (χ0v) is 19.0. The summed E-state index contributed by atoms with van der Waals surface area (Å²) in [6.45, 7) is 0.00602. The van der Waals surface area contributed by atoms with Gasteiger partial charge in [-0.15, -0.1) is 0 Å². The van der Waals surface area contributed by atoms with Crippen LogP contribution < -0.4 is 10.9 Å². The zero-order chi connectivity index (χ0) is 23.8. The first-order valence-corrected chi connectivity index (χ1v) is 11.3. The Morgan fingerprint density at radius 2 is 1.85 bits per heavy atom. The van der Waals surface area contributed by atoms with Crippen LogP contribution in [0.2, 0.25) is 10.0 Å². The fourth-order valence-corrected chi connectivity index (χ4v) is 5.29. The first kappa shape index (κ1) is 23.3. The van der Waals surface area contributed by atoms with Gasteiger partial charge in [0.15, 0.2) is 0 Å². The minimum absolute atomic E-state index is 0.00602. The second-order valence-corrected chi connectivity index (χ2v) is 9.11. The predicted molar refractivity (Wildman–Crippen MR) is 125 cm³/mol. The molecule has 1 heterocycles. The van der Waals surface area contributed by atoms with Crippen molar-refractivity contribution in [3.63, 3.8) is 0 Å². The van der Waals surface area contributed by atoms with Crippen molar-refractivity contribution in [2.24, 2.45) is 0 Å². The number of nitrogens with one attached hydrogen (secondary N) is 2. The Labute approximate surface area is 198 Å². The third-order valence-electron chi connectivity index (χ3n) is 6.25. The van der Waals surface area contributed by atoms with Crippen molar-refractivity contribution in [3.05, 3.63) is 79.3 Å². The fraction of sp³-hybridized carbons (Fsp3) is 0.292. The molecule has 1 saturated carbocycles. The number of aromatic amines is 1. The molecule has 1 aromatic heterocycles. The Balaban J connectivity index is 1.71. The van der Waals surface area contributed by atoms with Gasteiger partial charge in [-0.05, 0) is 48.7 Å². The molecule has 0 aliphatic heterocycles. The summed E-state index contributed by atoms with van der Waals surface area (Å²) in [5.41, 5.74) is -1.18. The van der Waals surface area contributed by atoms with E-state index in [1.807, 2.05) is 0 Å². The number of carboxylic acids is 1. The number of carbonyl (C=O) groups excluding carboxylic acids is 1. The topological polar surface area (TPSA) is 99.3 Å². The van der Waals surface area contributed by atoms with E-state index >= 15 is 0 Å². The van der Waals surface area contributed by atoms with E-state index in [4.69, 9.17) is 23.2 Å². The largest absolute Gasteiger partial charge is 0.477 e. The Morgan fingerprint density at radius 1 is 1.12 bits per heavy atom. The standard InChI is InChI=1S/C24H21Cl2FN2O4/c25-15-9-13-11-16(22(31)32)21(30)29-20(13)14(10-15)12-28-23(33)24(7-2-1-3-8-24)19-17(26)5-4-6-18(19)27/h4-6,9-11H,1-3,7-8,12H2,(H,28,33)(H,29,30)(H,31,32). The lowest BCUT2D eigenvalue weighted by Gasteiger charge is -2.37. The summed E-state index contributed by atoms with van der Waals surface area (Å²) < 4.78 is 14.8. The molecule has 0 radical (unpaired) electrons. The summed E-state index contributed by atoms with van der Waals surface area (Å²) in [6.07, 6.45) is 3.42. The van der Waals surface area contributed by atoms with E-state index in [-0.39, 0.29) is 23.0 Å². The van der Waals surface area contributed by atoms with Crippen LogP contribution in [0.5, 0.6) is 0 Å². The van der Waals surface area contributed by atoms with Crippen LogP contribution >= 0.6 is 23.2 Å². The van der Waals surface area contributed by atoms with Crippen molar-refractivity contribution in [1.82, 2.24) is 10.3 Å². The molecule has 1 aliphatic rings. The van der Waals surface area contributed by atoms with Crippen molar-refractivity contribution < 1.29 is 19.1 Å². The monoisotopic (exact) mass is 490 g/mol. The van der Waals surface area contributed by atoms with Crippen molar-refractivity contribution in [1.29, 1.82) is 0 Å². The second-order valence-electron chi connectivity index (χ2n) is 8.27. The highest BCUT2D eigenvalue weighted by molar-refractivity contribution is 6.32. The number of hydrogen-bond acceptors (Lipinski definition) is 3. The molecule has 0 spiro atoms. The van der Waals surface area contributed by atoms with Crippen LogP contribution in [0.1, 0.15) is 53.6 Å². The van der Waals surface area contributed by atoms with Gasteiger partial charge in [0.25, 0.3) is 5.56 Å². The number of carbonyl (C=O) groups is 2. The summed E-state index contributed by atoms with van der Waals surface area (Å²) in [4.78, 5) is 39.6. The molecule has 9 heteroatoms. The molecule has 0 unspecified atom stereocenters. The summed E-state index contributed by atoms with van der Waals surface area (Å²) in [5.74, 6) is -2.22. The minimum atomic E-state index is -1.35. The van der Waals surface area contributed by atoms with E-state index in [9.17, 15) is 23.9 Å². The number of pyridine rings is 1. The molecule has 3 N–H and O–H groups in total. The smallest absolute Gasteiger partial charge is 0.341 e. The normalized spacial score (nSPS) is 15.4. The van der Waals surface area contributed by atoms with Gasteiger partial charge >= 0.3 is 5.97 Å². The molecule has 33 heavy (non-hydrogen) atoms. The number of aromatic nitrogens is 1. The molecule has 6 nitrogen and oxygen atoms in total. The Hall–Kier alpha value is -2.90. The van der Waals surface area contributed by atoms with Crippen molar-refractivity contribution in [2.45, 2.75) is 44.1 Å². The lowest BCUT2D eigenvalue weighted by Crippen LogP contribution is -2.46. The van der Waals surface area contributed by atoms with Gasteiger partial charge in [-0.2, -0.15) is 0 Å². The quantitative estimate of drug-likeness (QED) is 0.458. The summed E-state index contributed by atoms with van der Waals surface area (Å²) in [6, 6.07) is 8.76. The highest BCUT2D eigenvalue weighted by Gasteiger charge is 2.44. The van der Waals surface area contributed by atoms with Crippen LogP contribution in [0.15, 0.2) is 41.2 Å². The van der Waals surface area contributed by atoms with Gasteiger partial charge in [-0.1, -0.05) is 48.5 Å². The van der Waals surface area contributed by atoms with Gasteiger partial charge in [0, 0.05) is 27.5 Å². The zero-order valence-electron chi connectivity index (χ0n) is 17.5. The van der Waals surface area contributed by atoms with Crippen LogP contribution in [0, 0.1) is 5.82 Å². The van der Waals surface area contributed by atoms with Gasteiger partial charge in [0.2, 0.25) is 5.91 Å². The molecule has 1 fully saturated rings. The Kier molecular flexibility index (Phi) is 6.45. The highest BCUT2D eigenvalue weighted by Crippen LogP contribution is 2.44. The molecule has 1 amide bonds. The summed E-state index contributed by atoms with van der Waals surface area (Å²) >= 11 is 12.6. The van der Waals surface area contributed by atoms with E-state index in [2.05, 4.69) is 10.3 Å². The molecule has 4 rings (SSSR count). The first-order chi connectivity index (χ1) is 15.7. The maximum Gasteiger partial charge on any atom is 0.341 e. The maximum atomic E-state index is 14.8. The highest BCUT2D eigenvalue weighted by atomic mass is 35.5. The van der Waals surface area contributed by atoms with Crippen molar-refractivity contribution in [3.8, 4) is 0 Å². The number of fused-ring (bicyclic) bond motifs is 1. The average molecular weight is 491 g/mol. The van der Waals surface area contributed by atoms with E-state index in [0.717, 1.165) is 19.3 Å². The first-order valence-electron chi connectivity index (χ1n) is 10.5. The molecular formula is C24H21Cl2FN2O4. The number of benzene rings is 2. The third-order valence-corrected chi connectivity index (χ3v) is 6.78. The van der Waals surface area contributed by atoms with E-state index < -0.39 is 28.3 Å². The van der Waals surface area contributed by atoms with Crippen molar-refractivity contribution >= 4 is 46.0 Å². The number of hydrogen-bond donors (Lipinski definition) is 3. The van der Waals surface area contributed by atoms with Crippen LogP contribution in [-0.4, -0.2) is 22.0 Å². The average Bonchev–Trinajstić information content (AvgIpc) is 2.77. The number of amides is 1. The third kappa shape index (κ3) is 4.35. The molecular weight excluding hydrogens is 470 g/mol. The molecule has 0 bridgehead atoms. The Bertz CT molecular complexity index is 1300. The number of carboxylic acid groups (broad SMARTS) is 1. The van der Waals surface area contributed by atoms with Gasteiger partial charge in [-0.25, -0.2) is 9.18 Å². The Morgan fingerprint density at radius 3 is 2.52 bits per heavy atom. The lowest BCUT2D eigenvalue weighted by atomic mass is 9.68. The maximum absolute atomic E-state index is 14.8. The van der Waals surface area contributed by atoms with Crippen LogP contribution in [0.25, 0.3) is 10.9 Å². The van der Waals surface area contributed by atoms with Gasteiger partial charge in [0.05, 0.1) is 10.9 Å². The molecule has 2 aromatic carbocycles. The predicted octanol–water partition coefficient (Wildman–Crippen LogP) is 5.19. The minimum Gasteiger partial charge on any atom is -0.477 e.